The van der Waals surface area contributed by atoms with Crippen LogP contribution in [0.3, 0.4) is 0 Å². The van der Waals surface area contributed by atoms with Crippen LogP contribution in [0.25, 0.3) is 16.7 Å². The van der Waals surface area contributed by atoms with Crippen molar-refractivity contribution in [2.24, 2.45) is 0 Å². The van der Waals surface area contributed by atoms with Gasteiger partial charge >= 0.3 is 0 Å². The van der Waals surface area contributed by atoms with Crippen molar-refractivity contribution in [1.29, 1.82) is 0 Å². The van der Waals surface area contributed by atoms with Crippen LogP contribution in [0, 0.1) is 11.6 Å². The van der Waals surface area contributed by atoms with Crippen molar-refractivity contribution in [3.8, 4) is 22.9 Å². The van der Waals surface area contributed by atoms with Crippen LogP contribution < -0.4 is 20.3 Å². The van der Waals surface area contributed by atoms with Crippen molar-refractivity contribution < 1.29 is 23.0 Å². The highest BCUT2D eigenvalue weighted by atomic mass is 32.2. The van der Waals surface area contributed by atoms with E-state index in [1.165, 1.54) is 48.7 Å². The maximum absolute atomic E-state index is 15.6. The molecular formula is C38H35F2N7O4S. The van der Waals surface area contributed by atoms with Gasteiger partial charge in [-0.2, -0.15) is 14.9 Å². The van der Waals surface area contributed by atoms with Crippen LogP contribution in [-0.2, 0) is 6.54 Å². The highest BCUT2D eigenvalue weighted by Crippen LogP contribution is 2.40. The Balaban J connectivity index is 1.14. The zero-order chi connectivity index (χ0) is 36.2. The molecule has 1 amide bonds. The zero-order valence-electron chi connectivity index (χ0n) is 28.5. The second kappa shape index (κ2) is 15.3. The van der Waals surface area contributed by atoms with Gasteiger partial charge in [0.25, 0.3) is 11.5 Å². The topological polar surface area (TPSA) is 116 Å². The summed E-state index contributed by atoms with van der Waals surface area (Å²) in [6, 6.07) is 19.8. The predicted molar refractivity (Wildman–Crippen MR) is 195 cm³/mol. The van der Waals surface area contributed by atoms with Gasteiger partial charge in [-0.05, 0) is 92.6 Å². The van der Waals surface area contributed by atoms with Crippen molar-refractivity contribution in [2.45, 2.75) is 36.6 Å². The van der Waals surface area contributed by atoms with Crippen LogP contribution in [0.2, 0.25) is 0 Å². The van der Waals surface area contributed by atoms with E-state index in [2.05, 4.69) is 27.2 Å². The second-order valence-corrected chi connectivity index (χ2v) is 13.5. The molecule has 1 saturated heterocycles. The lowest BCUT2D eigenvalue weighted by atomic mass is 10.1. The molecule has 1 aliphatic rings. The molecule has 52 heavy (non-hydrogen) atoms. The van der Waals surface area contributed by atoms with Gasteiger partial charge in [-0.25, -0.2) is 18.4 Å². The minimum atomic E-state index is -0.761. The van der Waals surface area contributed by atoms with Gasteiger partial charge in [0.05, 0.1) is 24.7 Å². The van der Waals surface area contributed by atoms with Crippen LogP contribution in [0.5, 0.6) is 17.2 Å². The van der Waals surface area contributed by atoms with Gasteiger partial charge in [0.1, 0.15) is 27.9 Å². The summed E-state index contributed by atoms with van der Waals surface area (Å²) in [6.45, 7) is 5.68. The number of fused-ring (bicyclic) bond motifs is 1. The molecule has 0 bridgehead atoms. The number of anilines is 1. The summed E-state index contributed by atoms with van der Waals surface area (Å²) in [5, 5.41) is 13.4. The van der Waals surface area contributed by atoms with Crippen molar-refractivity contribution in [2.75, 3.05) is 32.1 Å². The third-order valence-electron chi connectivity index (χ3n) is 8.89. The number of carbonyl (C=O) groups is 1. The van der Waals surface area contributed by atoms with E-state index in [-0.39, 0.29) is 22.7 Å². The van der Waals surface area contributed by atoms with Crippen LogP contribution in [0.1, 0.15) is 35.7 Å². The van der Waals surface area contributed by atoms with Crippen LogP contribution >= 0.6 is 11.8 Å². The molecule has 0 spiro atoms. The van der Waals surface area contributed by atoms with Crippen LogP contribution in [0.15, 0.2) is 101 Å². The van der Waals surface area contributed by atoms with Gasteiger partial charge < -0.3 is 19.7 Å². The van der Waals surface area contributed by atoms with Crippen molar-refractivity contribution in [3.05, 3.63) is 124 Å². The fourth-order valence-electron chi connectivity index (χ4n) is 6.05. The van der Waals surface area contributed by atoms with Crippen LogP contribution in [0.4, 0.5) is 14.5 Å². The Morgan fingerprint density at radius 3 is 2.44 bits per heavy atom. The van der Waals surface area contributed by atoms with E-state index in [1.807, 2.05) is 28.9 Å². The highest BCUT2D eigenvalue weighted by Gasteiger charge is 2.25. The quantitative estimate of drug-likeness (QED) is 0.152. The molecule has 0 saturated carbocycles. The lowest BCUT2D eigenvalue weighted by molar-refractivity contribution is 0.102. The Morgan fingerprint density at radius 2 is 1.73 bits per heavy atom. The summed E-state index contributed by atoms with van der Waals surface area (Å²) in [4.78, 5) is 33.3. The first-order chi connectivity index (χ1) is 25.3. The summed E-state index contributed by atoms with van der Waals surface area (Å²) in [6.07, 6.45) is 4.93. The Hall–Kier alpha value is -5.60. The number of methoxy groups -OCH3 is 1. The number of nitrogens with zero attached hydrogens (tertiary/aromatic N) is 6. The Labute approximate surface area is 302 Å². The van der Waals surface area contributed by atoms with E-state index >= 15 is 4.39 Å². The number of hydrogen-bond acceptors (Lipinski definition) is 9. The van der Waals surface area contributed by atoms with E-state index in [9.17, 15) is 14.0 Å². The summed E-state index contributed by atoms with van der Waals surface area (Å²) >= 11 is 1.69. The number of rotatable bonds is 11. The third kappa shape index (κ3) is 7.53. The van der Waals surface area contributed by atoms with E-state index < -0.39 is 23.1 Å². The van der Waals surface area contributed by atoms with Gasteiger partial charge in [0.2, 0.25) is 0 Å². The molecule has 14 heteroatoms. The standard InChI is InChI=1S/C38H35F2N7O4S/c1-3-45-20-16-29(17-21-45)52-37-34-33(15-18-41-35(34)46(44-37)23-24-4-11-28(50-2)12-5-24)51-32-13-8-26(22-31(32)40)43-36(48)30-14-19-42-47(38(30)49)27-9-6-25(39)7-10-27/h4-15,18-19,22,29H,3,16-17,20-21,23H2,1-2H3,(H,43,48). The first kappa shape index (κ1) is 34.8. The molecular weight excluding hydrogens is 689 g/mol. The number of likely N-dealkylation sites (tertiary alicyclic amines) is 1. The van der Waals surface area contributed by atoms with Gasteiger partial charge in [-0.3, -0.25) is 9.59 Å². The first-order valence-electron chi connectivity index (χ1n) is 16.8. The number of pyridine rings is 1. The molecule has 1 aliphatic heterocycles. The lowest BCUT2D eigenvalue weighted by Crippen LogP contribution is -2.34. The summed E-state index contributed by atoms with van der Waals surface area (Å²) in [5.74, 6) is -0.879. The molecule has 11 nitrogen and oxygen atoms in total. The second-order valence-electron chi connectivity index (χ2n) is 12.2. The molecule has 0 radical (unpaired) electrons. The number of benzene rings is 3. The SMILES string of the molecule is CCN1CCC(Sc2nn(Cc3ccc(OC)cc3)c3nccc(Oc4ccc(NC(=O)c5ccnn(-c6ccc(F)cc6)c5=O)cc4F)c23)CC1. The van der Waals surface area contributed by atoms with Crippen LogP contribution in [-0.4, -0.2) is 67.3 Å². The number of aromatic nitrogens is 5. The summed E-state index contributed by atoms with van der Waals surface area (Å²) in [5.41, 5.74) is 1.07. The Bertz CT molecular complexity index is 2270. The van der Waals surface area contributed by atoms with Gasteiger partial charge in [-0.1, -0.05) is 19.1 Å². The average molecular weight is 724 g/mol. The minimum absolute atomic E-state index is 0.0665. The van der Waals surface area contributed by atoms with Gasteiger partial charge in [0.15, 0.2) is 17.2 Å². The Kier molecular flexibility index (Phi) is 10.3. The number of nitrogens with one attached hydrogen (secondary N) is 1. The molecule has 6 aromatic rings. The highest BCUT2D eigenvalue weighted by molar-refractivity contribution is 8.00. The molecule has 3 aromatic heterocycles. The number of amides is 1. The fourth-order valence-corrected chi connectivity index (χ4v) is 7.27. The normalized spacial score (nSPS) is 13.7. The molecule has 266 valence electrons. The van der Waals surface area contributed by atoms with Gasteiger partial charge in [-0.15, -0.1) is 11.8 Å². The molecule has 7 rings (SSSR count). The largest absolute Gasteiger partial charge is 0.497 e. The molecule has 1 fully saturated rings. The number of halogens is 2. The molecule has 0 aliphatic carbocycles. The average Bonchev–Trinajstić information content (AvgIpc) is 3.50. The maximum atomic E-state index is 15.6. The predicted octanol–water partition coefficient (Wildman–Crippen LogP) is 6.93. The van der Waals surface area contributed by atoms with E-state index in [4.69, 9.17) is 14.6 Å². The maximum Gasteiger partial charge on any atom is 0.284 e. The number of hydrogen-bond donors (Lipinski definition) is 1. The van der Waals surface area contributed by atoms with E-state index in [0.29, 0.717) is 28.6 Å². The zero-order valence-corrected chi connectivity index (χ0v) is 29.3. The fraction of sp³-hybridized carbons (Fsp3) is 0.237. The number of carbonyl (C=O) groups excluding carboxylic acids is 1. The molecule has 1 N–H and O–H groups in total. The lowest BCUT2D eigenvalue weighted by Gasteiger charge is -2.30. The number of piperidine rings is 1. The minimum Gasteiger partial charge on any atom is -0.497 e. The number of thioether (sulfide) groups is 1. The van der Waals surface area contributed by atoms with E-state index in [1.54, 1.807) is 31.1 Å². The molecule has 3 aromatic carbocycles. The summed E-state index contributed by atoms with van der Waals surface area (Å²) < 4.78 is 43.4. The third-order valence-corrected chi connectivity index (χ3v) is 10.2. The van der Waals surface area contributed by atoms with E-state index in [0.717, 1.165) is 59.6 Å². The smallest absolute Gasteiger partial charge is 0.284 e. The van der Waals surface area contributed by atoms with Crippen molar-refractivity contribution >= 4 is 34.4 Å². The monoisotopic (exact) mass is 723 g/mol. The Morgan fingerprint density at radius 1 is 0.962 bits per heavy atom. The van der Waals surface area contributed by atoms with Crippen molar-refractivity contribution in [3.63, 3.8) is 0 Å². The molecule has 0 unspecified atom stereocenters. The van der Waals surface area contributed by atoms with Gasteiger partial charge in [0, 0.05) is 35.5 Å². The molecule has 4 heterocycles. The number of ether oxygens (including phenoxy) is 2. The molecule has 0 atom stereocenters. The summed E-state index contributed by atoms with van der Waals surface area (Å²) in [7, 11) is 1.63. The first-order valence-corrected chi connectivity index (χ1v) is 17.7. The van der Waals surface area contributed by atoms with Crippen molar-refractivity contribution in [1.82, 2.24) is 29.4 Å².